The van der Waals surface area contributed by atoms with E-state index >= 15 is 0 Å². The maximum atomic E-state index is 4.54. The van der Waals surface area contributed by atoms with Crippen molar-refractivity contribution in [2.75, 3.05) is 31.5 Å². The molecule has 0 aromatic heterocycles. The molecule has 1 aromatic carbocycles. The van der Waals surface area contributed by atoms with Gasteiger partial charge in [0.15, 0.2) is 5.96 Å². The van der Waals surface area contributed by atoms with Crippen LogP contribution in [0.3, 0.4) is 0 Å². The van der Waals surface area contributed by atoms with E-state index in [0.29, 0.717) is 5.92 Å². The molecular formula is C16H28N4. The van der Waals surface area contributed by atoms with Crippen molar-refractivity contribution in [1.82, 2.24) is 10.6 Å². The maximum Gasteiger partial charge on any atom is 0.191 e. The zero-order valence-corrected chi connectivity index (χ0v) is 12.9. The number of rotatable bonds is 8. The Labute approximate surface area is 123 Å². The van der Waals surface area contributed by atoms with Crippen molar-refractivity contribution >= 4 is 11.6 Å². The lowest BCUT2D eigenvalue weighted by Crippen LogP contribution is -2.38. The number of para-hydroxylation sites is 1. The van der Waals surface area contributed by atoms with Crippen LogP contribution in [-0.4, -0.2) is 32.1 Å². The van der Waals surface area contributed by atoms with E-state index in [4.69, 9.17) is 0 Å². The highest BCUT2D eigenvalue weighted by molar-refractivity contribution is 5.79. The monoisotopic (exact) mass is 276 g/mol. The maximum absolute atomic E-state index is 4.54. The van der Waals surface area contributed by atoms with E-state index in [1.807, 2.05) is 18.2 Å². The Morgan fingerprint density at radius 2 is 1.85 bits per heavy atom. The predicted molar refractivity (Wildman–Crippen MR) is 88.4 cm³/mol. The second kappa shape index (κ2) is 10.1. The van der Waals surface area contributed by atoms with Gasteiger partial charge in [0.2, 0.25) is 0 Å². The van der Waals surface area contributed by atoms with Gasteiger partial charge in [-0.25, -0.2) is 0 Å². The summed E-state index contributed by atoms with van der Waals surface area (Å²) in [5, 5.41) is 10.0. The number of hydrogen-bond donors (Lipinski definition) is 3. The summed E-state index contributed by atoms with van der Waals surface area (Å²) in [5.74, 6) is 1.51. The van der Waals surface area contributed by atoms with Gasteiger partial charge in [-0.1, -0.05) is 32.0 Å². The molecule has 0 spiro atoms. The summed E-state index contributed by atoms with van der Waals surface area (Å²) in [6, 6.07) is 10.3. The Hall–Kier alpha value is -1.71. The molecule has 0 saturated heterocycles. The highest BCUT2D eigenvalue weighted by Gasteiger charge is 1.97. The van der Waals surface area contributed by atoms with Gasteiger partial charge in [0.05, 0.1) is 0 Å². The van der Waals surface area contributed by atoms with Crippen molar-refractivity contribution in [3.8, 4) is 0 Å². The number of hydrogen-bond acceptors (Lipinski definition) is 2. The molecule has 0 unspecified atom stereocenters. The molecule has 4 nitrogen and oxygen atoms in total. The first-order chi connectivity index (χ1) is 9.72. The quantitative estimate of drug-likeness (QED) is 0.389. The third-order valence-corrected chi connectivity index (χ3v) is 2.71. The van der Waals surface area contributed by atoms with Crippen molar-refractivity contribution in [2.24, 2.45) is 10.9 Å². The predicted octanol–water partition coefficient (Wildman–Crippen LogP) is 2.70. The summed E-state index contributed by atoms with van der Waals surface area (Å²) in [5.41, 5.74) is 1.17. The number of benzene rings is 1. The summed E-state index contributed by atoms with van der Waals surface area (Å²) < 4.78 is 0. The van der Waals surface area contributed by atoms with Crippen LogP contribution in [0.25, 0.3) is 0 Å². The second-order valence-corrected chi connectivity index (χ2v) is 5.19. The molecule has 1 aromatic rings. The molecule has 0 aliphatic rings. The molecule has 0 atom stereocenters. The Bertz CT molecular complexity index is 373. The van der Waals surface area contributed by atoms with E-state index in [2.05, 4.69) is 53.8 Å². The van der Waals surface area contributed by atoms with Gasteiger partial charge in [0, 0.05) is 31.9 Å². The van der Waals surface area contributed by atoms with Crippen molar-refractivity contribution in [3.05, 3.63) is 30.3 Å². The fourth-order valence-corrected chi connectivity index (χ4v) is 1.70. The zero-order valence-electron chi connectivity index (χ0n) is 12.9. The van der Waals surface area contributed by atoms with Crippen molar-refractivity contribution < 1.29 is 0 Å². The van der Waals surface area contributed by atoms with E-state index in [-0.39, 0.29) is 0 Å². The summed E-state index contributed by atoms with van der Waals surface area (Å²) >= 11 is 0. The minimum Gasteiger partial charge on any atom is -0.385 e. The minimum atomic E-state index is 0.588. The van der Waals surface area contributed by atoms with E-state index < -0.39 is 0 Å². The van der Waals surface area contributed by atoms with Gasteiger partial charge < -0.3 is 16.0 Å². The van der Waals surface area contributed by atoms with Crippen LogP contribution >= 0.6 is 0 Å². The van der Waals surface area contributed by atoms with Crippen LogP contribution in [0.4, 0.5) is 5.69 Å². The largest absolute Gasteiger partial charge is 0.385 e. The number of anilines is 1. The molecule has 0 radical (unpaired) electrons. The second-order valence-electron chi connectivity index (χ2n) is 5.19. The molecule has 4 heteroatoms. The third kappa shape index (κ3) is 7.67. The van der Waals surface area contributed by atoms with Crippen molar-refractivity contribution in [2.45, 2.75) is 27.2 Å². The molecule has 3 N–H and O–H groups in total. The van der Waals surface area contributed by atoms with Gasteiger partial charge in [-0.2, -0.15) is 0 Å². The molecule has 0 saturated carbocycles. The fourth-order valence-electron chi connectivity index (χ4n) is 1.70. The minimum absolute atomic E-state index is 0.588. The lowest BCUT2D eigenvalue weighted by Gasteiger charge is -2.12. The van der Waals surface area contributed by atoms with Gasteiger partial charge in [0.25, 0.3) is 0 Å². The first kappa shape index (κ1) is 16.3. The Kier molecular flexibility index (Phi) is 8.27. The first-order valence-electron chi connectivity index (χ1n) is 7.53. The highest BCUT2D eigenvalue weighted by atomic mass is 15.2. The summed E-state index contributed by atoms with van der Waals surface area (Å²) in [6.45, 7) is 10.1. The normalized spacial score (nSPS) is 11.5. The first-order valence-corrected chi connectivity index (χ1v) is 7.53. The number of nitrogens with zero attached hydrogens (tertiary/aromatic N) is 1. The smallest absolute Gasteiger partial charge is 0.191 e. The van der Waals surface area contributed by atoms with Crippen LogP contribution in [0, 0.1) is 5.92 Å². The summed E-state index contributed by atoms with van der Waals surface area (Å²) in [4.78, 5) is 4.54. The lowest BCUT2D eigenvalue weighted by atomic mass is 10.2. The van der Waals surface area contributed by atoms with Gasteiger partial charge in [-0.15, -0.1) is 0 Å². The van der Waals surface area contributed by atoms with Gasteiger partial charge >= 0.3 is 0 Å². The Morgan fingerprint density at radius 1 is 1.10 bits per heavy atom. The molecule has 112 valence electrons. The summed E-state index contributed by atoms with van der Waals surface area (Å²) in [6.07, 6.45) is 1.06. The van der Waals surface area contributed by atoms with Crippen molar-refractivity contribution in [3.63, 3.8) is 0 Å². The van der Waals surface area contributed by atoms with Crippen LogP contribution < -0.4 is 16.0 Å². The van der Waals surface area contributed by atoms with Crippen LogP contribution in [0.1, 0.15) is 27.2 Å². The van der Waals surface area contributed by atoms with E-state index in [1.165, 1.54) is 5.69 Å². The molecule has 0 aliphatic carbocycles. The standard InChI is InChI=1S/C16H28N4/c1-4-17-16(20-13-14(2)3)19-12-8-11-18-15-9-6-5-7-10-15/h5-7,9-10,14,18H,4,8,11-13H2,1-3H3,(H2,17,19,20). The lowest BCUT2D eigenvalue weighted by molar-refractivity contribution is 0.655. The Balaban J connectivity index is 2.18. The van der Waals surface area contributed by atoms with E-state index in [9.17, 15) is 0 Å². The van der Waals surface area contributed by atoms with Crippen LogP contribution in [0.2, 0.25) is 0 Å². The van der Waals surface area contributed by atoms with Gasteiger partial charge in [-0.05, 0) is 31.4 Å². The molecule has 0 aliphatic heterocycles. The van der Waals surface area contributed by atoms with Crippen LogP contribution in [-0.2, 0) is 0 Å². The van der Waals surface area contributed by atoms with Crippen molar-refractivity contribution in [1.29, 1.82) is 0 Å². The molecule has 0 fully saturated rings. The summed E-state index contributed by atoms with van der Waals surface area (Å²) in [7, 11) is 0. The molecule has 0 bridgehead atoms. The van der Waals surface area contributed by atoms with E-state index in [0.717, 1.165) is 38.6 Å². The highest BCUT2D eigenvalue weighted by Crippen LogP contribution is 2.04. The van der Waals surface area contributed by atoms with Crippen LogP contribution in [0.15, 0.2) is 35.3 Å². The number of nitrogens with one attached hydrogen (secondary N) is 3. The zero-order chi connectivity index (χ0) is 14.6. The van der Waals surface area contributed by atoms with Gasteiger partial charge in [0.1, 0.15) is 0 Å². The van der Waals surface area contributed by atoms with Crippen LogP contribution in [0.5, 0.6) is 0 Å². The van der Waals surface area contributed by atoms with Gasteiger partial charge in [-0.3, -0.25) is 4.99 Å². The molecule has 1 rings (SSSR count). The number of aliphatic imine (C=N–C) groups is 1. The fraction of sp³-hybridized carbons (Fsp3) is 0.562. The molecule has 20 heavy (non-hydrogen) atoms. The molecular weight excluding hydrogens is 248 g/mol. The molecule has 0 amide bonds. The average molecular weight is 276 g/mol. The molecule has 0 heterocycles. The van der Waals surface area contributed by atoms with E-state index in [1.54, 1.807) is 0 Å². The Morgan fingerprint density at radius 3 is 2.50 bits per heavy atom. The average Bonchev–Trinajstić information content (AvgIpc) is 2.45. The number of guanidine groups is 1. The topological polar surface area (TPSA) is 48.5 Å². The SMILES string of the molecule is CCNC(=NCC(C)C)NCCCNc1ccccc1. The third-order valence-electron chi connectivity index (χ3n) is 2.71.